The van der Waals surface area contributed by atoms with Crippen LogP contribution >= 0.6 is 0 Å². The average Bonchev–Trinajstić information content (AvgIpc) is 3.40. The van der Waals surface area contributed by atoms with Crippen molar-refractivity contribution in [1.82, 2.24) is 50.2 Å². The first-order valence-electron chi connectivity index (χ1n) is 12.2. The summed E-state index contributed by atoms with van der Waals surface area (Å²) in [5.74, 6) is 2.02. The number of aromatic nitrogens is 8. The zero-order valence-corrected chi connectivity index (χ0v) is 19.3. The molecule has 4 rings (SSSR count). The molecule has 10 nitrogen and oxygen atoms in total. The van der Waals surface area contributed by atoms with Crippen molar-refractivity contribution in [2.24, 2.45) is 5.41 Å². The summed E-state index contributed by atoms with van der Waals surface area (Å²) < 4.78 is 3.99. The number of aryl methyl sites for hydroxylation is 2. The Hall–Kier alpha value is -1.94. The summed E-state index contributed by atoms with van der Waals surface area (Å²) in [6.07, 6.45) is 9.66. The van der Waals surface area contributed by atoms with Crippen LogP contribution < -0.4 is 0 Å². The molecule has 0 aliphatic carbocycles. The highest BCUT2D eigenvalue weighted by Crippen LogP contribution is 2.39. The molecule has 2 aliphatic rings. The fourth-order valence-electron chi connectivity index (χ4n) is 5.26. The smallest absolute Gasteiger partial charge is 0.165 e. The van der Waals surface area contributed by atoms with Crippen molar-refractivity contribution in [2.75, 3.05) is 26.2 Å². The molecule has 172 valence electrons. The minimum Gasteiger partial charge on any atom is -0.295 e. The van der Waals surface area contributed by atoms with Crippen LogP contribution in [0.3, 0.4) is 0 Å². The normalized spacial score (nSPS) is 19.9. The van der Waals surface area contributed by atoms with Crippen molar-refractivity contribution in [1.29, 1.82) is 0 Å². The number of hydrogen-bond donors (Lipinski definition) is 0. The van der Waals surface area contributed by atoms with Gasteiger partial charge in [0.25, 0.3) is 0 Å². The Kier molecular flexibility index (Phi) is 7.60. The quantitative estimate of drug-likeness (QED) is 0.566. The topological polar surface area (TPSA) is 93.7 Å². The first-order valence-corrected chi connectivity index (χ1v) is 12.2. The molecule has 0 aromatic carbocycles. The summed E-state index contributed by atoms with van der Waals surface area (Å²) >= 11 is 0. The Morgan fingerprint density at radius 2 is 1.23 bits per heavy atom. The zero-order chi connectivity index (χ0) is 21.5. The van der Waals surface area contributed by atoms with Crippen LogP contribution in [0.4, 0.5) is 0 Å². The van der Waals surface area contributed by atoms with E-state index in [9.17, 15) is 0 Å². The SMILES string of the molecule is CCCCn1nnnc1CN1CCCC2(CCCN(Cc3nnnn3CCCC)C2)C1. The van der Waals surface area contributed by atoms with Crippen molar-refractivity contribution in [2.45, 2.75) is 91.4 Å². The van der Waals surface area contributed by atoms with E-state index in [4.69, 9.17) is 0 Å². The third-order valence-corrected chi connectivity index (χ3v) is 6.87. The van der Waals surface area contributed by atoms with Gasteiger partial charge in [0.15, 0.2) is 11.6 Å². The van der Waals surface area contributed by atoms with Gasteiger partial charge < -0.3 is 0 Å². The summed E-state index contributed by atoms with van der Waals surface area (Å²) in [6.45, 7) is 12.5. The van der Waals surface area contributed by atoms with E-state index in [1.165, 1.54) is 25.7 Å². The summed E-state index contributed by atoms with van der Waals surface area (Å²) in [5.41, 5.74) is 0.361. The van der Waals surface area contributed by atoms with Gasteiger partial charge in [-0.15, -0.1) is 10.2 Å². The van der Waals surface area contributed by atoms with Gasteiger partial charge in [0.2, 0.25) is 0 Å². The van der Waals surface area contributed by atoms with E-state index in [-0.39, 0.29) is 0 Å². The minimum absolute atomic E-state index is 0.361. The maximum absolute atomic E-state index is 4.32. The summed E-state index contributed by atoms with van der Waals surface area (Å²) in [7, 11) is 0. The molecule has 10 heteroatoms. The molecular weight excluding hydrogens is 392 g/mol. The number of hydrogen-bond acceptors (Lipinski definition) is 8. The first kappa shape index (κ1) is 22.3. The van der Waals surface area contributed by atoms with E-state index < -0.39 is 0 Å². The number of nitrogens with zero attached hydrogens (tertiary/aromatic N) is 10. The van der Waals surface area contributed by atoms with Gasteiger partial charge in [0.05, 0.1) is 13.1 Å². The molecule has 2 aromatic rings. The maximum atomic E-state index is 4.32. The van der Waals surface area contributed by atoms with Gasteiger partial charge in [-0.05, 0) is 77.9 Å². The highest BCUT2D eigenvalue weighted by atomic mass is 15.6. The zero-order valence-electron chi connectivity index (χ0n) is 19.3. The molecule has 0 atom stereocenters. The number of piperidine rings is 2. The van der Waals surface area contributed by atoms with Crippen LogP contribution in [-0.2, 0) is 26.2 Å². The van der Waals surface area contributed by atoms with Crippen LogP contribution in [0.25, 0.3) is 0 Å². The van der Waals surface area contributed by atoms with Crippen molar-refractivity contribution in [3.8, 4) is 0 Å². The number of tetrazole rings is 2. The van der Waals surface area contributed by atoms with E-state index in [2.05, 4.69) is 54.7 Å². The predicted octanol–water partition coefficient (Wildman–Crippen LogP) is 2.14. The fourth-order valence-corrected chi connectivity index (χ4v) is 5.26. The highest BCUT2D eigenvalue weighted by molar-refractivity contribution is 4.95. The second-order valence-corrected chi connectivity index (χ2v) is 9.47. The Balaban J connectivity index is 1.36. The van der Waals surface area contributed by atoms with Gasteiger partial charge in [-0.25, -0.2) is 9.36 Å². The maximum Gasteiger partial charge on any atom is 0.165 e. The lowest BCUT2D eigenvalue weighted by Crippen LogP contribution is -2.52. The van der Waals surface area contributed by atoms with Gasteiger partial charge in [-0.2, -0.15) is 0 Å². The number of rotatable bonds is 10. The highest BCUT2D eigenvalue weighted by Gasteiger charge is 2.39. The van der Waals surface area contributed by atoms with Crippen molar-refractivity contribution in [3.05, 3.63) is 11.6 Å². The molecule has 0 saturated carbocycles. The van der Waals surface area contributed by atoms with E-state index in [1.807, 2.05) is 9.36 Å². The van der Waals surface area contributed by atoms with Gasteiger partial charge in [-0.3, -0.25) is 9.80 Å². The Labute approximate surface area is 185 Å². The molecular formula is C21H38N10. The molecule has 1 spiro atoms. The van der Waals surface area contributed by atoms with E-state index in [1.54, 1.807) is 0 Å². The summed E-state index contributed by atoms with van der Waals surface area (Å²) in [4.78, 5) is 5.15. The molecule has 0 unspecified atom stereocenters. The molecule has 0 radical (unpaired) electrons. The van der Waals surface area contributed by atoms with Gasteiger partial charge in [0.1, 0.15) is 0 Å². The van der Waals surface area contributed by atoms with Gasteiger partial charge >= 0.3 is 0 Å². The van der Waals surface area contributed by atoms with Crippen LogP contribution in [0, 0.1) is 5.41 Å². The lowest BCUT2D eigenvalue weighted by atomic mass is 9.73. The Bertz CT molecular complexity index is 733. The lowest BCUT2D eigenvalue weighted by molar-refractivity contribution is 0.00520. The number of likely N-dealkylation sites (tertiary alicyclic amines) is 2. The van der Waals surface area contributed by atoms with Crippen molar-refractivity contribution in [3.63, 3.8) is 0 Å². The third kappa shape index (κ3) is 5.65. The fraction of sp³-hybridized carbons (Fsp3) is 0.905. The molecule has 2 saturated heterocycles. The number of unbranched alkanes of at least 4 members (excludes halogenated alkanes) is 2. The van der Waals surface area contributed by atoms with E-state index >= 15 is 0 Å². The monoisotopic (exact) mass is 430 g/mol. The largest absolute Gasteiger partial charge is 0.295 e. The molecule has 0 N–H and O–H groups in total. The van der Waals surface area contributed by atoms with Crippen LogP contribution in [-0.4, -0.2) is 76.4 Å². The standard InChI is InChI=1S/C21H38N10/c1-3-5-13-30-19(22-24-26-30)15-28-11-7-9-21(17-28)10-8-12-29(18-21)16-20-23-25-27-31(20)14-6-4-2/h3-18H2,1-2H3. The van der Waals surface area contributed by atoms with E-state index in [0.29, 0.717) is 5.41 Å². The van der Waals surface area contributed by atoms with Crippen LogP contribution in [0.15, 0.2) is 0 Å². The van der Waals surface area contributed by atoms with Crippen molar-refractivity contribution < 1.29 is 0 Å². The summed E-state index contributed by atoms with van der Waals surface area (Å²) in [5, 5.41) is 24.9. The molecule has 31 heavy (non-hydrogen) atoms. The Morgan fingerprint density at radius 1 is 0.742 bits per heavy atom. The molecule has 2 fully saturated rings. The van der Waals surface area contributed by atoms with Crippen molar-refractivity contribution >= 4 is 0 Å². The summed E-state index contributed by atoms with van der Waals surface area (Å²) in [6, 6.07) is 0. The average molecular weight is 431 g/mol. The second-order valence-electron chi connectivity index (χ2n) is 9.47. The molecule has 4 heterocycles. The molecule has 0 bridgehead atoms. The minimum atomic E-state index is 0.361. The van der Waals surface area contributed by atoms with E-state index in [0.717, 1.165) is 89.7 Å². The molecule has 0 amide bonds. The molecule has 2 aliphatic heterocycles. The van der Waals surface area contributed by atoms with Crippen LogP contribution in [0.1, 0.15) is 76.9 Å². The van der Waals surface area contributed by atoms with Crippen LogP contribution in [0.2, 0.25) is 0 Å². The lowest BCUT2D eigenvalue weighted by Gasteiger charge is -2.48. The third-order valence-electron chi connectivity index (χ3n) is 6.87. The Morgan fingerprint density at radius 3 is 1.68 bits per heavy atom. The van der Waals surface area contributed by atoms with Gasteiger partial charge in [-0.1, -0.05) is 26.7 Å². The van der Waals surface area contributed by atoms with Gasteiger partial charge in [0, 0.05) is 26.2 Å². The predicted molar refractivity (Wildman–Crippen MR) is 117 cm³/mol. The molecule has 2 aromatic heterocycles. The first-order chi connectivity index (χ1) is 15.2. The second kappa shape index (κ2) is 10.6. The van der Waals surface area contributed by atoms with Crippen LogP contribution in [0.5, 0.6) is 0 Å².